The van der Waals surface area contributed by atoms with E-state index in [2.05, 4.69) is 38.3 Å². The quantitative estimate of drug-likeness (QED) is 0.694. The summed E-state index contributed by atoms with van der Waals surface area (Å²) in [5.41, 5.74) is 1.01. The van der Waals surface area contributed by atoms with Crippen molar-refractivity contribution in [3.05, 3.63) is 52.0 Å². The molecule has 0 unspecified atom stereocenters. The molecule has 5 heteroatoms. The predicted molar refractivity (Wildman–Crippen MR) is 81.0 cm³/mol. The maximum Gasteiger partial charge on any atom is 0.229 e. The largest absolute Gasteiger partial charge is 0.269 e. The maximum absolute atomic E-state index is 6.18. The van der Waals surface area contributed by atoms with Crippen molar-refractivity contribution in [2.45, 2.75) is 13.3 Å². The average Bonchev–Trinajstić information content (AvgIpc) is 2.81. The Morgan fingerprint density at radius 2 is 1.84 bits per heavy atom. The van der Waals surface area contributed by atoms with Crippen LogP contribution in [-0.2, 0) is 6.42 Å². The van der Waals surface area contributed by atoms with Crippen LogP contribution in [-0.4, -0.2) is 14.8 Å². The standard InChI is InChI=1S/C14H11BrClN3/c1-2-13-17-18-14(16)19(13)12-8-7-11(15)9-5-3-4-6-10(9)12/h3-8H,2H2,1H3. The number of benzene rings is 2. The molecule has 3 nitrogen and oxygen atoms in total. The minimum absolute atomic E-state index is 0.393. The lowest BCUT2D eigenvalue weighted by Crippen LogP contribution is -2.01. The Hall–Kier alpha value is -1.39. The summed E-state index contributed by atoms with van der Waals surface area (Å²) < 4.78 is 2.96. The summed E-state index contributed by atoms with van der Waals surface area (Å²) in [4.78, 5) is 0. The van der Waals surface area contributed by atoms with Crippen LogP contribution in [0.5, 0.6) is 0 Å². The second kappa shape index (κ2) is 4.94. The number of fused-ring (bicyclic) bond motifs is 1. The van der Waals surface area contributed by atoms with Crippen LogP contribution in [0.25, 0.3) is 16.5 Å². The average molecular weight is 337 g/mol. The van der Waals surface area contributed by atoms with Gasteiger partial charge < -0.3 is 0 Å². The topological polar surface area (TPSA) is 30.7 Å². The zero-order valence-corrected chi connectivity index (χ0v) is 12.6. The molecule has 3 rings (SSSR count). The van der Waals surface area contributed by atoms with Crippen molar-refractivity contribution in [3.8, 4) is 5.69 Å². The highest BCUT2D eigenvalue weighted by Crippen LogP contribution is 2.31. The Kier molecular flexibility index (Phi) is 3.29. The molecule has 1 aromatic heterocycles. The summed E-state index contributed by atoms with van der Waals surface area (Å²) in [5.74, 6) is 0.859. The Balaban J connectivity index is 2.37. The van der Waals surface area contributed by atoms with E-state index in [0.717, 1.165) is 33.2 Å². The van der Waals surface area contributed by atoms with Crippen LogP contribution < -0.4 is 0 Å². The van der Waals surface area contributed by atoms with Crippen molar-refractivity contribution in [1.29, 1.82) is 0 Å². The van der Waals surface area contributed by atoms with Gasteiger partial charge in [-0.2, -0.15) is 0 Å². The van der Waals surface area contributed by atoms with Gasteiger partial charge in [-0.1, -0.05) is 47.1 Å². The first-order valence-electron chi connectivity index (χ1n) is 5.99. The van der Waals surface area contributed by atoms with Gasteiger partial charge in [-0.15, -0.1) is 10.2 Å². The molecule has 3 aromatic rings. The van der Waals surface area contributed by atoms with Crippen molar-refractivity contribution < 1.29 is 0 Å². The van der Waals surface area contributed by atoms with Gasteiger partial charge in [-0.3, -0.25) is 4.57 Å². The van der Waals surface area contributed by atoms with Gasteiger partial charge in [0.05, 0.1) is 5.69 Å². The molecule has 0 fully saturated rings. The van der Waals surface area contributed by atoms with E-state index in [1.807, 2.05) is 35.8 Å². The smallest absolute Gasteiger partial charge is 0.229 e. The first-order valence-corrected chi connectivity index (χ1v) is 7.17. The van der Waals surface area contributed by atoms with Crippen LogP contribution in [0.4, 0.5) is 0 Å². The van der Waals surface area contributed by atoms with E-state index in [1.165, 1.54) is 0 Å². The van der Waals surface area contributed by atoms with Crippen molar-refractivity contribution in [2.75, 3.05) is 0 Å². The second-order valence-electron chi connectivity index (χ2n) is 4.19. The normalized spacial score (nSPS) is 11.1. The molecular weight excluding hydrogens is 326 g/mol. The van der Waals surface area contributed by atoms with Crippen LogP contribution in [0.2, 0.25) is 5.28 Å². The first-order chi connectivity index (χ1) is 9.22. The molecule has 0 amide bonds. The molecule has 0 radical (unpaired) electrons. The highest BCUT2D eigenvalue weighted by molar-refractivity contribution is 9.10. The van der Waals surface area contributed by atoms with Crippen LogP contribution in [0.15, 0.2) is 40.9 Å². The molecule has 0 aliphatic heterocycles. The summed E-state index contributed by atoms with van der Waals surface area (Å²) in [7, 11) is 0. The van der Waals surface area contributed by atoms with E-state index < -0.39 is 0 Å². The molecule has 0 spiro atoms. The van der Waals surface area contributed by atoms with Gasteiger partial charge in [-0.05, 0) is 29.1 Å². The fourth-order valence-electron chi connectivity index (χ4n) is 2.20. The molecule has 0 N–H and O–H groups in total. The van der Waals surface area contributed by atoms with Gasteiger partial charge >= 0.3 is 0 Å². The minimum Gasteiger partial charge on any atom is -0.269 e. The summed E-state index contributed by atoms with van der Waals surface area (Å²) in [5, 5.41) is 10.7. The van der Waals surface area contributed by atoms with Crippen LogP contribution >= 0.6 is 27.5 Å². The van der Waals surface area contributed by atoms with Crippen molar-refractivity contribution in [2.24, 2.45) is 0 Å². The number of aromatic nitrogens is 3. The highest BCUT2D eigenvalue weighted by Gasteiger charge is 2.13. The molecule has 0 aliphatic rings. The number of hydrogen-bond acceptors (Lipinski definition) is 2. The Bertz CT molecular complexity index is 752. The molecule has 0 aliphatic carbocycles. The summed E-state index contributed by atoms with van der Waals surface area (Å²) in [6, 6.07) is 12.2. The van der Waals surface area contributed by atoms with E-state index >= 15 is 0 Å². The highest BCUT2D eigenvalue weighted by atomic mass is 79.9. The number of halogens is 2. The molecule has 0 saturated heterocycles. The lowest BCUT2D eigenvalue weighted by molar-refractivity contribution is 0.887. The van der Waals surface area contributed by atoms with Gasteiger partial charge in [0, 0.05) is 16.3 Å². The van der Waals surface area contributed by atoms with E-state index in [4.69, 9.17) is 11.6 Å². The zero-order chi connectivity index (χ0) is 13.4. The third-order valence-corrected chi connectivity index (χ3v) is 4.03. The molecule has 2 aromatic carbocycles. The molecular formula is C14H11BrClN3. The fraction of sp³-hybridized carbons (Fsp3) is 0.143. The molecule has 96 valence electrons. The molecule has 19 heavy (non-hydrogen) atoms. The first kappa shape index (κ1) is 12.6. The predicted octanol–water partition coefficient (Wildman–Crippen LogP) is 4.40. The van der Waals surface area contributed by atoms with Crippen LogP contribution in [0.3, 0.4) is 0 Å². The zero-order valence-electron chi connectivity index (χ0n) is 10.3. The van der Waals surface area contributed by atoms with Crippen LogP contribution in [0, 0.1) is 0 Å². The number of aryl methyl sites for hydroxylation is 1. The lowest BCUT2D eigenvalue weighted by Gasteiger charge is -2.11. The van der Waals surface area contributed by atoms with Crippen molar-refractivity contribution in [1.82, 2.24) is 14.8 Å². The van der Waals surface area contributed by atoms with Gasteiger partial charge in [0.1, 0.15) is 5.82 Å². The molecule has 0 bridgehead atoms. The fourth-order valence-corrected chi connectivity index (χ4v) is 2.91. The number of hydrogen-bond donors (Lipinski definition) is 0. The Morgan fingerprint density at radius 3 is 2.58 bits per heavy atom. The third kappa shape index (κ3) is 2.05. The van der Waals surface area contributed by atoms with Gasteiger partial charge in [0.2, 0.25) is 5.28 Å². The molecule has 1 heterocycles. The number of rotatable bonds is 2. The minimum atomic E-state index is 0.393. The van der Waals surface area contributed by atoms with E-state index in [1.54, 1.807) is 0 Å². The van der Waals surface area contributed by atoms with E-state index in [9.17, 15) is 0 Å². The summed E-state index contributed by atoms with van der Waals surface area (Å²) in [6.45, 7) is 2.04. The second-order valence-corrected chi connectivity index (χ2v) is 5.38. The monoisotopic (exact) mass is 335 g/mol. The summed E-state index contributed by atoms with van der Waals surface area (Å²) in [6.07, 6.45) is 0.782. The van der Waals surface area contributed by atoms with E-state index in [-0.39, 0.29) is 0 Å². The van der Waals surface area contributed by atoms with E-state index in [0.29, 0.717) is 5.28 Å². The maximum atomic E-state index is 6.18. The third-order valence-electron chi connectivity index (χ3n) is 3.10. The number of nitrogens with zero attached hydrogens (tertiary/aromatic N) is 3. The van der Waals surface area contributed by atoms with Gasteiger partial charge in [0.25, 0.3) is 0 Å². The van der Waals surface area contributed by atoms with Crippen LogP contribution in [0.1, 0.15) is 12.7 Å². The summed E-state index contributed by atoms with van der Waals surface area (Å²) >= 11 is 9.75. The Labute approximate surface area is 124 Å². The van der Waals surface area contributed by atoms with Crippen molar-refractivity contribution in [3.63, 3.8) is 0 Å². The van der Waals surface area contributed by atoms with Gasteiger partial charge in [0.15, 0.2) is 0 Å². The molecule has 0 saturated carbocycles. The lowest BCUT2D eigenvalue weighted by atomic mass is 10.1. The van der Waals surface area contributed by atoms with Crippen molar-refractivity contribution >= 4 is 38.3 Å². The SMILES string of the molecule is CCc1nnc(Cl)n1-c1ccc(Br)c2ccccc12. The van der Waals surface area contributed by atoms with Gasteiger partial charge in [-0.25, -0.2) is 0 Å². The Morgan fingerprint density at radius 1 is 1.11 bits per heavy atom. The molecule has 0 atom stereocenters.